The second-order valence-corrected chi connectivity index (χ2v) is 5.78. The Morgan fingerprint density at radius 1 is 1.47 bits per heavy atom. The highest BCUT2D eigenvalue weighted by Crippen LogP contribution is 2.31. The van der Waals surface area contributed by atoms with Crippen molar-refractivity contribution in [2.45, 2.75) is 39.3 Å². The average Bonchev–Trinajstić information content (AvgIpc) is 2.38. The highest BCUT2D eigenvalue weighted by atomic mass is 16.3. The number of hydrogen-bond donors (Lipinski definition) is 3. The fourth-order valence-corrected chi connectivity index (χ4v) is 2.64. The minimum Gasteiger partial charge on any atom is -0.392 e. The molecule has 2 rings (SSSR count). The van der Waals surface area contributed by atoms with Gasteiger partial charge in [0, 0.05) is 11.3 Å². The molecule has 4 nitrogen and oxygen atoms in total. The van der Waals surface area contributed by atoms with Crippen LogP contribution in [0.15, 0.2) is 24.3 Å². The lowest BCUT2D eigenvalue weighted by Gasteiger charge is -2.38. The molecule has 1 amide bonds. The van der Waals surface area contributed by atoms with Crippen LogP contribution in [0.5, 0.6) is 0 Å². The fraction of sp³-hybridized carbons (Fsp3) is 0.533. The molecule has 1 aromatic carbocycles. The molecule has 1 fully saturated rings. The van der Waals surface area contributed by atoms with Gasteiger partial charge in [0.05, 0.1) is 12.6 Å². The first-order valence-electron chi connectivity index (χ1n) is 6.77. The third-order valence-electron chi connectivity index (χ3n) is 3.84. The van der Waals surface area contributed by atoms with Gasteiger partial charge in [-0.3, -0.25) is 4.79 Å². The number of carbonyl (C=O) groups is 1. The summed E-state index contributed by atoms with van der Waals surface area (Å²) in [4.78, 5) is 12.4. The van der Waals surface area contributed by atoms with Crippen LogP contribution in [-0.4, -0.2) is 23.6 Å². The van der Waals surface area contributed by atoms with Crippen LogP contribution in [0, 0.1) is 5.41 Å². The Hall–Kier alpha value is -1.39. The molecule has 0 aromatic heterocycles. The van der Waals surface area contributed by atoms with E-state index < -0.39 is 0 Å². The zero-order valence-corrected chi connectivity index (χ0v) is 11.6. The summed E-state index contributed by atoms with van der Waals surface area (Å²) < 4.78 is 0. The third kappa shape index (κ3) is 3.14. The normalized spacial score (nSPS) is 21.9. The summed E-state index contributed by atoms with van der Waals surface area (Å²) in [6.45, 7) is 5.03. The monoisotopic (exact) mass is 262 g/mol. The highest BCUT2D eigenvalue weighted by molar-refractivity contribution is 5.96. The summed E-state index contributed by atoms with van der Waals surface area (Å²) in [7, 11) is 0. The van der Waals surface area contributed by atoms with Crippen molar-refractivity contribution in [2.75, 3.05) is 11.9 Å². The predicted octanol–water partition coefficient (Wildman–Crippen LogP) is 1.90. The van der Waals surface area contributed by atoms with E-state index in [1.807, 2.05) is 24.3 Å². The molecule has 1 heterocycles. The molecular formula is C15H22N2O2. The molecule has 1 aliphatic rings. The maximum atomic E-state index is 12.4. The number of benzene rings is 1. The van der Waals surface area contributed by atoms with Crippen molar-refractivity contribution in [3.63, 3.8) is 0 Å². The second kappa shape index (κ2) is 5.72. The van der Waals surface area contributed by atoms with Crippen molar-refractivity contribution >= 4 is 11.6 Å². The molecule has 0 bridgehead atoms. The lowest BCUT2D eigenvalue weighted by atomic mass is 9.77. The van der Waals surface area contributed by atoms with Crippen molar-refractivity contribution < 1.29 is 9.90 Å². The van der Waals surface area contributed by atoms with Crippen molar-refractivity contribution in [3.8, 4) is 0 Å². The maximum Gasteiger partial charge on any atom is 0.242 e. The lowest BCUT2D eigenvalue weighted by molar-refractivity contribution is -0.121. The summed E-state index contributed by atoms with van der Waals surface area (Å²) in [5.41, 5.74) is 1.39. The van der Waals surface area contributed by atoms with E-state index in [9.17, 15) is 9.90 Å². The number of hydrogen-bond acceptors (Lipinski definition) is 3. The smallest absolute Gasteiger partial charge is 0.242 e. The van der Waals surface area contributed by atoms with E-state index in [1.165, 1.54) is 0 Å². The van der Waals surface area contributed by atoms with Gasteiger partial charge in [-0.1, -0.05) is 32.0 Å². The van der Waals surface area contributed by atoms with Crippen LogP contribution in [0.4, 0.5) is 5.69 Å². The zero-order chi connectivity index (χ0) is 13.9. The Morgan fingerprint density at radius 2 is 2.21 bits per heavy atom. The Labute approximate surface area is 114 Å². The number of aliphatic hydroxyl groups excluding tert-OH is 1. The van der Waals surface area contributed by atoms with Gasteiger partial charge < -0.3 is 15.7 Å². The molecule has 0 saturated carbocycles. The van der Waals surface area contributed by atoms with E-state index in [0.29, 0.717) is 5.69 Å². The van der Waals surface area contributed by atoms with Crippen LogP contribution in [-0.2, 0) is 11.4 Å². The summed E-state index contributed by atoms with van der Waals surface area (Å²) in [6.07, 6.45) is 2.14. The predicted molar refractivity (Wildman–Crippen MR) is 75.8 cm³/mol. The van der Waals surface area contributed by atoms with Crippen LogP contribution in [0.2, 0.25) is 0 Å². The quantitative estimate of drug-likeness (QED) is 0.779. The van der Waals surface area contributed by atoms with Gasteiger partial charge in [-0.2, -0.15) is 0 Å². The SMILES string of the molecule is CC1(C)CCCNC1C(=O)Nc1ccccc1CO. The average molecular weight is 262 g/mol. The second-order valence-electron chi connectivity index (χ2n) is 5.78. The van der Waals surface area contributed by atoms with Gasteiger partial charge in [0.1, 0.15) is 0 Å². The van der Waals surface area contributed by atoms with Crippen molar-refractivity contribution in [2.24, 2.45) is 5.41 Å². The molecule has 1 aliphatic heterocycles. The van der Waals surface area contributed by atoms with E-state index in [2.05, 4.69) is 24.5 Å². The molecule has 3 N–H and O–H groups in total. The summed E-state index contributed by atoms with van der Waals surface area (Å²) in [6, 6.07) is 7.15. The molecule has 0 aliphatic carbocycles. The van der Waals surface area contributed by atoms with Gasteiger partial charge >= 0.3 is 0 Å². The Kier molecular flexibility index (Phi) is 4.22. The minimum absolute atomic E-state index is 0.0226. The van der Waals surface area contributed by atoms with Crippen molar-refractivity contribution in [1.82, 2.24) is 5.32 Å². The van der Waals surface area contributed by atoms with Gasteiger partial charge in [-0.15, -0.1) is 0 Å². The summed E-state index contributed by atoms with van der Waals surface area (Å²) in [5.74, 6) is -0.0226. The molecule has 1 unspecified atom stereocenters. The molecule has 19 heavy (non-hydrogen) atoms. The molecule has 104 valence electrons. The van der Waals surface area contributed by atoms with E-state index in [1.54, 1.807) is 0 Å². The van der Waals surface area contributed by atoms with Gasteiger partial charge in [0.25, 0.3) is 0 Å². The highest BCUT2D eigenvalue weighted by Gasteiger charge is 2.37. The fourth-order valence-electron chi connectivity index (χ4n) is 2.64. The number of anilines is 1. The van der Waals surface area contributed by atoms with Crippen molar-refractivity contribution in [1.29, 1.82) is 0 Å². The van der Waals surface area contributed by atoms with Crippen molar-refractivity contribution in [3.05, 3.63) is 29.8 Å². The molecule has 1 saturated heterocycles. The first kappa shape index (κ1) is 14.0. The van der Waals surface area contributed by atoms with Gasteiger partial charge in [-0.05, 0) is 30.9 Å². The van der Waals surface area contributed by atoms with Crippen LogP contribution in [0.3, 0.4) is 0 Å². The number of para-hydroxylation sites is 1. The zero-order valence-electron chi connectivity index (χ0n) is 11.6. The van der Waals surface area contributed by atoms with Crippen LogP contribution >= 0.6 is 0 Å². The molecule has 1 aromatic rings. The summed E-state index contributed by atoms with van der Waals surface area (Å²) >= 11 is 0. The number of carbonyl (C=O) groups excluding carboxylic acids is 1. The lowest BCUT2D eigenvalue weighted by Crippen LogP contribution is -2.53. The van der Waals surface area contributed by atoms with Crippen LogP contribution < -0.4 is 10.6 Å². The number of rotatable bonds is 3. The third-order valence-corrected chi connectivity index (χ3v) is 3.84. The van der Waals surface area contributed by atoms with E-state index >= 15 is 0 Å². The number of amides is 1. The maximum absolute atomic E-state index is 12.4. The Morgan fingerprint density at radius 3 is 2.89 bits per heavy atom. The standard InChI is InChI=1S/C15H22N2O2/c1-15(2)8-5-9-16-13(15)14(19)17-12-7-4-3-6-11(12)10-18/h3-4,6-7,13,16,18H,5,8-10H2,1-2H3,(H,17,19). The molecule has 4 heteroatoms. The van der Waals surface area contributed by atoms with Crippen LogP contribution in [0.25, 0.3) is 0 Å². The molecular weight excluding hydrogens is 240 g/mol. The first-order chi connectivity index (χ1) is 9.04. The molecule has 0 spiro atoms. The number of aliphatic hydroxyl groups is 1. The van der Waals surface area contributed by atoms with Gasteiger partial charge in [0.15, 0.2) is 0 Å². The summed E-state index contributed by atoms with van der Waals surface area (Å²) in [5, 5.41) is 15.5. The Balaban J connectivity index is 2.12. The van der Waals surface area contributed by atoms with Gasteiger partial charge in [0.2, 0.25) is 5.91 Å². The number of piperidine rings is 1. The Bertz CT molecular complexity index is 457. The van der Waals surface area contributed by atoms with E-state index in [0.717, 1.165) is 24.9 Å². The van der Waals surface area contributed by atoms with E-state index in [-0.39, 0.29) is 24.0 Å². The van der Waals surface area contributed by atoms with Crippen LogP contribution in [0.1, 0.15) is 32.3 Å². The first-order valence-corrected chi connectivity index (χ1v) is 6.77. The molecule has 0 radical (unpaired) electrons. The minimum atomic E-state index is -0.187. The largest absolute Gasteiger partial charge is 0.392 e. The number of nitrogens with one attached hydrogen (secondary N) is 2. The van der Waals surface area contributed by atoms with Gasteiger partial charge in [-0.25, -0.2) is 0 Å². The topological polar surface area (TPSA) is 61.4 Å². The van der Waals surface area contributed by atoms with E-state index in [4.69, 9.17) is 0 Å². The molecule has 1 atom stereocenters.